The fourth-order valence-corrected chi connectivity index (χ4v) is 2.61. The summed E-state index contributed by atoms with van der Waals surface area (Å²) in [5.74, 6) is 0.159. The van der Waals surface area contributed by atoms with Crippen molar-refractivity contribution in [1.82, 2.24) is 4.90 Å². The first-order valence-corrected chi connectivity index (χ1v) is 7.32. The molecule has 0 spiro atoms. The molecule has 106 valence electrons. The van der Waals surface area contributed by atoms with Crippen molar-refractivity contribution in [2.75, 3.05) is 13.1 Å². The molecule has 0 N–H and O–H groups in total. The van der Waals surface area contributed by atoms with Gasteiger partial charge in [0.25, 0.3) is 5.91 Å². The number of benzene rings is 1. The van der Waals surface area contributed by atoms with Crippen LogP contribution in [-0.2, 0) is 6.42 Å². The monoisotopic (exact) mass is 270 g/mol. The predicted molar refractivity (Wildman–Crippen MR) is 79.3 cm³/mol. The van der Waals surface area contributed by atoms with Crippen LogP contribution in [0.5, 0.6) is 0 Å². The zero-order valence-electron chi connectivity index (χ0n) is 12.4. The summed E-state index contributed by atoms with van der Waals surface area (Å²) in [6.45, 7) is 5.55. The molecule has 0 atom stereocenters. The molecule has 0 bridgehead atoms. The van der Waals surface area contributed by atoms with Gasteiger partial charge in [0, 0.05) is 18.7 Å². The Bertz CT molecular complexity index is 528. The Morgan fingerprint density at radius 1 is 1.30 bits per heavy atom. The highest BCUT2D eigenvalue weighted by Gasteiger charge is 2.23. The number of rotatable bonds is 5. The average molecular weight is 270 g/mol. The molecule has 1 aliphatic heterocycles. The maximum Gasteiger partial charge on any atom is 0.254 e. The quantitative estimate of drug-likeness (QED) is 0.770. The number of hydrogen-bond acceptors (Lipinski definition) is 2. The first-order valence-electron chi connectivity index (χ1n) is 7.32. The lowest BCUT2D eigenvalue weighted by Gasteiger charge is -2.28. The Kier molecular flexibility index (Phi) is 4.44. The molecule has 0 saturated heterocycles. The van der Waals surface area contributed by atoms with Crippen LogP contribution in [-0.4, -0.2) is 23.9 Å². The Morgan fingerprint density at radius 2 is 2.05 bits per heavy atom. The van der Waals surface area contributed by atoms with Gasteiger partial charge in [0.2, 0.25) is 0 Å². The van der Waals surface area contributed by atoms with Crippen LogP contribution < -0.4 is 0 Å². The maximum absolute atomic E-state index is 12.3. The normalized spacial score (nSPS) is 14.8. The maximum atomic E-state index is 12.3. The van der Waals surface area contributed by atoms with E-state index in [1.807, 2.05) is 43.0 Å². The third-order valence-electron chi connectivity index (χ3n) is 3.97. The van der Waals surface area contributed by atoms with Gasteiger partial charge in [0.15, 0.2) is 0 Å². The number of carbonyl (C=O) groups is 1. The summed E-state index contributed by atoms with van der Waals surface area (Å²) < 4.78 is 0. The number of nitriles is 1. The fraction of sp³-hybridized carbons (Fsp3) is 0.529. The van der Waals surface area contributed by atoms with Crippen molar-refractivity contribution in [2.24, 2.45) is 5.41 Å². The van der Waals surface area contributed by atoms with Gasteiger partial charge in [0.05, 0.1) is 11.5 Å². The molecule has 0 fully saturated rings. The van der Waals surface area contributed by atoms with Crippen LogP contribution in [0, 0.1) is 16.7 Å². The second-order valence-corrected chi connectivity index (χ2v) is 6.15. The molecule has 1 aromatic carbocycles. The number of nitrogens with zero attached hydrogens (tertiary/aromatic N) is 2. The molecule has 20 heavy (non-hydrogen) atoms. The van der Waals surface area contributed by atoms with Crippen LogP contribution in [0.25, 0.3) is 0 Å². The summed E-state index contributed by atoms with van der Waals surface area (Å²) in [7, 11) is 0. The lowest BCUT2D eigenvalue weighted by molar-refractivity contribution is 0.0736. The Balaban J connectivity index is 1.84. The zero-order chi connectivity index (χ0) is 14.6. The van der Waals surface area contributed by atoms with Crippen LogP contribution >= 0.6 is 0 Å². The molecule has 3 heteroatoms. The van der Waals surface area contributed by atoms with Gasteiger partial charge in [-0.1, -0.05) is 24.6 Å². The largest absolute Gasteiger partial charge is 0.338 e. The molecule has 0 radical (unpaired) electrons. The van der Waals surface area contributed by atoms with Crippen molar-refractivity contribution in [3.05, 3.63) is 35.4 Å². The standard InChI is InChI=1S/C17H22N2O/c1-17(2,13-18)10-5-6-11-19-12-9-14-7-3-4-8-15(14)16(19)20/h3-4,7-8H,5-6,9-12H2,1-2H3. The first kappa shape index (κ1) is 14.6. The van der Waals surface area contributed by atoms with Crippen LogP contribution in [0.4, 0.5) is 0 Å². The Hall–Kier alpha value is -1.82. The molecule has 1 amide bonds. The molecule has 3 nitrogen and oxygen atoms in total. The minimum atomic E-state index is -0.251. The van der Waals surface area contributed by atoms with Crippen molar-refractivity contribution >= 4 is 5.91 Å². The molecule has 0 aliphatic carbocycles. The first-order chi connectivity index (χ1) is 9.53. The van der Waals surface area contributed by atoms with Crippen molar-refractivity contribution in [3.63, 3.8) is 0 Å². The van der Waals surface area contributed by atoms with E-state index in [1.54, 1.807) is 0 Å². The third kappa shape index (κ3) is 3.39. The molecule has 0 saturated carbocycles. The van der Waals surface area contributed by atoms with Gasteiger partial charge in [0.1, 0.15) is 0 Å². The van der Waals surface area contributed by atoms with Gasteiger partial charge in [-0.25, -0.2) is 0 Å². The second kappa shape index (κ2) is 6.09. The lowest BCUT2D eigenvalue weighted by Crippen LogP contribution is -2.38. The zero-order valence-corrected chi connectivity index (χ0v) is 12.4. The van der Waals surface area contributed by atoms with E-state index in [4.69, 9.17) is 5.26 Å². The molecule has 1 aliphatic rings. The molecule has 0 aromatic heterocycles. The summed E-state index contributed by atoms with van der Waals surface area (Å²) in [6, 6.07) is 10.2. The van der Waals surface area contributed by atoms with Gasteiger partial charge in [-0.2, -0.15) is 5.26 Å². The van der Waals surface area contributed by atoms with Crippen molar-refractivity contribution in [1.29, 1.82) is 5.26 Å². The van der Waals surface area contributed by atoms with E-state index in [-0.39, 0.29) is 11.3 Å². The summed E-state index contributed by atoms with van der Waals surface area (Å²) in [5, 5.41) is 8.98. The van der Waals surface area contributed by atoms with E-state index in [1.165, 1.54) is 5.56 Å². The van der Waals surface area contributed by atoms with Crippen molar-refractivity contribution in [2.45, 2.75) is 39.5 Å². The van der Waals surface area contributed by atoms with Crippen LogP contribution in [0.1, 0.15) is 49.0 Å². The van der Waals surface area contributed by atoms with Gasteiger partial charge < -0.3 is 4.90 Å². The van der Waals surface area contributed by atoms with E-state index < -0.39 is 0 Å². The second-order valence-electron chi connectivity index (χ2n) is 6.15. The number of fused-ring (bicyclic) bond motifs is 1. The minimum absolute atomic E-state index is 0.159. The van der Waals surface area contributed by atoms with Crippen LogP contribution in [0.2, 0.25) is 0 Å². The van der Waals surface area contributed by atoms with E-state index in [2.05, 4.69) is 6.07 Å². The topological polar surface area (TPSA) is 44.1 Å². The molecule has 2 rings (SSSR count). The lowest BCUT2D eigenvalue weighted by atomic mass is 9.89. The van der Waals surface area contributed by atoms with Gasteiger partial charge in [-0.05, 0) is 44.7 Å². The molecule has 1 aromatic rings. The molecule has 0 unspecified atom stereocenters. The van der Waals surface area contributed by atoms with Crippen molar-refractivity contribution in [3.8, 4) is 6.07 Å². The third-order valence-corrected chi connectivity index (χ3v) is 3.97. The van der Waals surface area contributed by atoms with Gasteiger partial charge in [-0.3, -0.25) is 4.79 Å². The van der Waals surface area contributed by atoms with Crippen molar-refractivity contribution < 1.29 is 4.79 Å². The summed E-state index contributed by atoms with van der Waals surface area (Å²) >= 11 is 0. The molecular weight excluding hydrogens is 248 g/mol. The van der Waals surface area contributed by atoms with Gasteiger partial charge in [-0.15, -0.1) is 0 Å². The number of unbranched alkanes of at least 4 members (excludes halogenated alkanes) is 1. The number of carbonyl (C=O) groups excluding carboxylic acids is 1. The number of hydrogen-bond donors (Lipinski definition) is 0. The van der Waals surface area contributed by atoms with E-state index in [9.17, 15) is 4.79 Å². The molecule has 1 heterocycles. The minimum Gasteiger partial charge on any atom is -0.338 e. The average Bonchev–Trinajstić information content (AvgIpc) is 2.46. The summed E-state index contributed by atoms with van der Waals surface area (Å²) in [4.78, 5) is 14.3. The predicted octanol–water partition coefficient (Wildman–Crippen LogP) is 3.40. The highest BCUT2D eigenvalue weighted by Crippen LogP contribution is 2.23. The SMILES string of the molecule is CC(C)(C#N)CCCCN1CCc2ccccc2C1=O. The van der Waals surface area contributed by atoms with Crippen LogP contribution in [0.15, 0.2) is 24.3 Å². The van der Waals surface area contributed by atoms with E-state index >= 15 is 0 Å². The Morgan fingerprint density at radius 3 is 2.80 bits per heavy atom. The highest BCUT2D eigenvalue weighted by atomic mass is 16.2. The van der Waals surface area contributed by atoms with E-state index in [0.717, 1.165) is 44.3 Å². The smallest absolute Gasteiger partial charge is 0.254 e. The number of amides is 1. The fourth-order valence-electron chi connectivity index (χ4n) is 2.61. The molecular formula is C17H22N2O. The van der Waals surface area contributed by atoms with E-state index in [0.29, 0.717) is 0 Å². The van der Waals surface area contributed by atoms with Crippen LogP contribution in [0.3, 0.4) is 0 Å². The summed E-state index contributed by atoms with van der Waals surface area (Å²) in [5.41, 5.74) is 1.77. The summed E-state index contributed by atoms with van der Waals surface area (Å²) in [6.07, 6.45) is 3.80. The van der Waals surface area contributed by atoms with Gasteiger partial charge >= 0.3 is 0 Å². The Labute approximate surface area is 121 Å². The highest BCUT2D eigenvalue weighted by molar-refractivity contribution is 5.96.